The van der Waals surface area contributed by atoms with Crippen molar-refractivity contribution in [1.29, 1.82) is 0 Å². The van der Waals surface area contributed by atoms with E-state index >= 15 is 0 Å². The normalized spacial score (nSPS) is 13.9. The molecule has 484 valence electrons. The summed E-state index contributed by atoms with van der Waals surface area (Å²) in [7, 11) is 1.28. The molecule has 0 saturated carbocycles. The van der Waals surface area contributed by atoms with Crippen LogP contribution >= 0.6 is 7.82 Å². The molecule has 3 unspecified atom stereocenters. The van der Waals surface area contributed by atoms with Gasteiger partial charge in [0.1, 0.15) is 13.2 Å². The Hall–Kier alpha value is -1.54. The van der Waals surface area contributed by atoms with Crippen LogP contribution in [0.3, 0.4) is 0 Å². The van der Waals surface area contributed by atoms with E-state index in [4.69, 9.17) is 9.05 Å². The molecule has 0 bridgehead atoms. The van der Waals surface area contributed by atoms with Gasteiger partial charge >= 0.3 is 0 Å². The molecular formula is C73H141N2O6P. The zero-order chi connectivity index (χ0) is 59.8. The fraction of sp³-hybridized carbons (Fsp3) is 0.877. The third-order valence-corrected chi connectivity index (χ3v) is 17.5. The van der Waals surface area contributed by atoms with Crippen LogP contribution in [0.15, 0.2) is 48.6 Å². The van der Waals surface area contributed by atoms with Gasteiger partial charge in [0.15, 0.2) is 0 Å². The molecule has 0 aromatic heterocycles. The average molecular weight is 1170 g/mol. The molecule has 0 heterocycles. The first-order valence-electron chi connectivity index (χ1n) is 36.0. The minimum absolute atomic E-state index is 0.000916. The molecule has 0 aromatic rings. The molecule has 8 nitrogen and oxygen atoms in total. The van der Waals surface area contributed by atoms with Crippen LogP contribution in [0.2, 0.25) is 0 Å². The van der Waals surface area contributed by atoms with Gasteiger partial charge in [-0.15, -0.1) is 0 Å². The monoisotopic (exact) mass is 1170 g/mol. The van der Waals surface area contributed by atoms with E-state index in [1.54, 1.807) is 6.08 Å². The predicted molar refractivity (Wildman–Crippen MR) is 358 cm³/mol. The Morgan fingerprint density at radius 2 is 0.707 bits per heavy atom. The number of nitrogens with one attached hydrogen (secondary N) is 1. The highest BCUT2D eigenvalue weighted by Gasteiger charge is 2.23. The van der Waals surface area contributed by atoms with Gasteiger partial charge < -0.3 is 28.8 Å². The first-order valence-corrected chi connectivity index (χ1v) is 37.5. The summed E-state index contributed by atoms with van der Waals surface area (Å²) in [6.45, 7) is 4.69. The van der Waals surface area contributed by atoms with Crippen molar-refractivity contribution in [1.82, 2.24) is 5.32 Å². The van der Waals surface area contributed by atoms with Crippen molar-refractivity contribution < 1.29 is 32.9 Å². The first-order chi connectivity index (χ1) is 40.0. The predicted octanol–water partition coefficient (Wildman–Crippen LogP) is 22.4. The number of carbonyl (C=O) groups is 1. The Kier molecular flexibility index (Phi) is 62.7. The summed E-state index contributed by atoms with van der Waals surface area (Å²) >= 11 is 0. The van der Waals surface area contributed by atoms with E-state index in [1.165, 1.54) is 289 Å². The number of phosphoric ester groups is 1. The van der Waals surface area contributed by atoms with Crippen LogP contribution in [0.25, 0.3) is 0 Å². The minimum atomic E-state index is -4.60. The highest BCUT2D eigenvalue weighted by atomic mass is 31.2. The molecule has 0 radical (unpaired) electrons. The molecule has 82 heavy (non-hydrogen) atoms. The standard InChI is InChI=1S/C73H141N2O6P/c1-6-8-10-12-14-16-18-20-22-24-26-28-29-30-31-32-33-34-35-36-37-38-39-40-41-42-43-44-45-47-49-51-53-55-57-59-61-63-65-67-73(77)74-71(70-81-82(78,79)80-69-68-75(3,4)5)72(76)66-64-62-60-58-56-54-52-50-48-46-27-25-23-21-19-17-15-13-11-9-7-2/h18,20,24,26,29-30,64,66,71-72,76H,6-17,19,21-23,25,27-28,31-63,65,67-70H2,1-5H3,(H-,74,77,78,79)/b20-18-,26-24-,30-29-,66-64+. The van der Waals surface area contributed by atoms with Crippen molar-refractivity contribution in [2.45, 2.75) is 373 Å². The van der Waals surface area contributed by atoms with Gasteiger partial charge in [-0.25, -0.2) is 0 Å². The molecule has 0 fully saturated rings. The molecular weight excluding hydrogens is 1030 g/mol. The lowest BCUT2D eigenvalue weighted by Gasteiger charge is -2.29. The Balaban J connectivity index is 3.94. The Morgan fingerprint density at radius 3 is 1.02 bits per heavy atom. The van der Waals surface area contributed by atoms with Gasteiger partial charge in [0.25, 0.3) is 7.82 Å². The molecule has 1 amide bonds. The average Bonchev–Trinajstić information content (AvgIpc) is 3.46. The van der Waals surface area contributed by atoms with Crippen LogP contribution in [0.1, 0.15) is 361 Å². The van der Waals surface area contributed by atoms with Gasteiger partial charge in [0.05, 0.1) is 39.9 Å². The largest absolute Gasteiger partial charge is 0.756 e. The number of carbonyl (C=O) groups excluding carboxylic acids is 1. The van der Waals surface area contributed by atoms with Crippen LogP contribution in [-0.4, -0.2) is 68.5 Å². The van der Waals surface area contributed by atoms with Crippen molar-refractivity contribution >= 4 is 13.7 Å². The van der Waals surface area contributed by atoms with E-state index < -0.39 is 20.0 Å². The molecule has 0 aliphatic carbocycles. The van der Waals surface area contributed by atoms with Crippen molar-refractivity contribution in [3.8, 4) is 0 Å². The molecule has 0 spiro atoms. The second-order valence-electron chi connectivity index (χ2n) is 25.9. The van der Waals surface area contributed by atoms with E-state index in [0.717, 1.165) is 51.4 Å². The van der Waals surface area contributed by atoms with E-state index in [-0.39, 0.29) is 19.1 Å². The van der Waals surface area contributed by atoms with Crippen LogP contribution in [-0.2, 0) is 18.4 Å². The molecule has 2 N–H and O–H groups in total. The summed E-state index contributed by atoms with van der Waals surface area (Å²) in [5.74, 6) is -0.190. The summed E-state index contributed by atoms with van der Waals surface area (Å²) in [6.07, 6.45) is 86.7. The van der Waals surface area contributed by atoms with E-state index in [0.29, 0.717) is 17.4 Å². The number of aliphatic hydroxyl groups is 1. The summed E-state index contributed by atoms with van der Waals surface area (Å²) in [5, 5.41) is 14.0. The van der Waals surface area contributed by atoms with E-state index in [9.17, 15) is 19.4 Å². The van der Waals surface area contributed by atoms with Gasteiger partial charge in [-0.05, 0) is 57.8 Å². The number of allylic oxidation sites excluding steroid dienone is 7. The molecule has 0 aromatic carbocycles. The number of aliphatic hydroxyl groups excluding tert-OH is 1. The second-order valence-corrected chi connectivity index (χ2v) is 27.4. The van der Waals surface area contributed by atoms with E-state index in [2.05, 4.69) is 55.6 Å². The maximum Gasteiger partial charge on any atom is 0.268 e. The molecule has 3 atom stereocenters. The lowest BCUT2D eigenvalue weighted by Crippen LogP contribution is -2.45. The zero-order valence-corrected chi connectivity index (χ0v) is 56.4. The minimum Gasteiger partial charge on any atom is -0.756 e. The fourth-order valence-electron chi connectivity index (χ4n) is 10.9. The quantitative estimate of drug-likeness (QED) is 0.0272. The summed E-state index contributed by atoms with van der Waals surface area (Å²) in [6, 6.07) is -0.886. The number of nitrogens with zero attached hydrogens (tertiary/aromatic N) is 1. The molecule has 0 aliphatic rings. The van der Waals surface area contributed by atoms with Crippen LogP contribution in [0, 0.1) is 0 Å². The highest BCUT2D eigenvalue weighted by molar-refractivity contribution is 7.45. The number of amides is 1. The third kappa shape index (κ3) is 66.0. The van der Waals surface area contributed by atoms with Gasteiger partial charge in [-0.1, -0.05) is 345 Å². The Bertz CT molecular complexity index is 1480. The van der Waals surface area contributed by atoms with Gasteiger partial charge in [-0.3, -0.25) is 9.36 Å². The molecule has 0 rings (SSSR count). The fourth-order valence-corrected chi connectivity index (χ4v) is 11.7. The summed E-state index contributed by atoms with van der Waals surface area (Å²) in [4.78, 5) is 25.6. The number of phosphoric acid groups is 1. The van der Waals surface area contributed by atoms with Crippen molar-refractivity contribution in [3.63, 3.8) is 0 Å². The molecule has 9 heteroatoms. The maximum atomic E-state index is 13.0. The Morgan fingerprint density at radius 1 is 0.427 bits per heavy atom. The van der Waals surface area contributed by atoms with Crippen molar-refractivity contribution in [3.05, 3.63) is 48.6 Å². The van der Waals surface area contributed by atoms with Gasteiger partial charge in [0.2, 0.25) is 5.91 Å². The highest BCUT2D eigenvalue weighted by Crippen LogP contribution is 2.38. The van der Waals surface area contributed by atoms with E-state index in [1.807, 2.05) is 27.2 Å². The third-order valence-electron chi connectivity index (χ3n) is 16.5. The molecule has 0 aliphatic heterocycles. The number of hydrogen-bond donors (Lipinski definition) is 2. The van der Waals surface area contributed by atoms with Crippen molar-refractivity contribution in [2.75, 3.05) is 40.9 Å². The number of quaternary nitrogens is 1. The smallest absolute Gasteiger partial charge is 0.268 e. The lowest BCUT2D eigenvalue weighted by atomic mass is 10.0. The van der Waals surface area contributed by atoms with Crippen LogP contribution < -0.4 is 10.2 Å². The summed E-state index contributed by atoms with van der Waals surface area (Å²) in [5.41, 5.74) is 0. The Labute approximate surface area is 511 Å². The number of unbranched alkanes of at least 4 members (excludes halogenated alkanes) is 48. The number of rotatable bonds is 67. The number of likely N-dealkylation sites (N-methyl/N-ethyl adjacent to an activating group) is 1. The SMILES string of the molecule is CCCCCCC/C=C\C/C=C\C/C=C\CCCCCCCCCCCCCCCCCCCCCCCCCCC(=O)NC(COP(=O)([O-])OCC[N+](C)(C)C)C(O)/C=C/CCCCCCCCCCCCCCCCCCCCC. The zero-order valence-electron chi connectivity index (χ0n) is 55.5. The number of hydrogen-bond acceptors (Lipinski definition) is 6. The summed E-state index contributed by atoms with van der Waals surface area (Å²) < 4.78 is 23.5. The van der Waals surface area contributed by atoms with Crippen LogP contribution in [0.4, 0.5) is 0 Å². The second kappa shape index (κ2) is 63.9. The lowest BCUT2D eigenvalue weighted by molar-refractivity contribution is -0.870. The maximum absolute atomic E-state index is 13.0. The van der Waals surface area contributed by atoms with Gasteiger partial charge in [0, 0.05) is 6.42 Å². The molecule has 0 saturated heterocycles. The topological polar surface area (TPSA) is 108 Å². The first kappa shape index (κ1) is 80.5. The van der Waals surface area contributed by atoms with Crippen LogP contribution in [0.5, 0.6) is 0 Å². The van der Waals surface area contributed by atoms with Crippen molar-refractivity contribution in [2.24, 2.45) is 0 Å². The van der Waals surface area contributed by atoms with Gasteiger partial charge in [-0.2, -0.15) is 0 Å².